The number of carbonyl (C=O) groups excluding carboxylic acids is 1. The Balaban J connectivity index is 2.36. The first-order valence-electron chi connectivity index (χ1n) is 4.87. The van der Waals surface area contributed by atoms with E-state index in [1.54, 1.807) is 0 Å². The second kappa shape index (κ2) is 3.80. The molecule has 2 rings (SSSR count). The van der Waals surface area contributed by atoms with E-state index in [9.17, 15) is 4.79 Å². The molecule has 14 heavy (non-hydrogen) atoms. The van der Waals surface area contributed by atoms with E-state index in [1.165, 1.54) is 5.56 Å². The highest BCUT2D eigenvalue weighted by atomic mass is 16.1. The lowest BCUT2D eigenvalue weighted by Gasteiger charge is -2.05. The van der Waals surface area contributed by atoms with Gasteiger partial charge in [0.1, 0.15) is 0 Å². The first-order valence-corrected chi connectivity index (χ1v) is 4.87. The van der Waals surface area contributed by atoms with Crippen LogP contribution >= 0.6 is 0 Å². The first-order chi connectivity index (χ1) is 6.79. The van der Waals surface area contributed by atoms with Crippen molar-refractivity contribution < 1.29 is 4.79 Å². The fourth-order valence-electron chi connectivity index (χ4n) is 1.79. The van der Waals surface area contributed by atoms with E-state index in [0.29, 0.717) is 13.0 Å². The van der Waals surface area contributed by atoms with Gasteiger partial charge in [0.25, 0.3) is 0 Å². The molecule has 0 atom stereocenters. The predicted molar refractivity (Wildman–Crippen MR) is 54.8 cm³/mol. The lowest BCUT2D eigenvalue weighted by molar-refractivity contribution is -0.120. The van der Waals surface area contributed by atoms with Gasteiger partial charge in [-0.05, 0) is 23.1 Å². The predicted octanol–water partition coefficient (Wildman–Crippen LogP) is 0.360. The van der Waals surface area contributed by atoms with Crippen LogP contribution < -0.4 is 11.1 Å². The Morgan fingerprint density at radius 3 is 3.00 bits per heavy atom. The van der Waals surface area contributed by atoms with Crippen molar-refractivity contribution in [1.29, 1.82) is 0 Å². The monoisotopic (exact) mass is 190 g/mol. The number of hydrogen-bond acceptors (Lipinski definition) is 2. The van der Waals surface area contributed by atoms with E-state index in [2.05, 4.69) is 11.4 Å². The number of nitrogens with two attached hydrogens (primary N) is 1. The van der Waals surface area contributed by atoms with Gasteiger partial charge in [-0.3, -0.25) is 4.79 Å². The van der Waals surface area contributed by atoms with Crippen LogP contribution in [0.1, 0.15) is 16.7 Å². The zero-order valence-corrected chi connectivity index (χ0v) is 8.05. The lowest BCUT2D eigenvalue weighted by Crippen LogP contribution is -2.24. The number of fused-ring (bicyclic) bond motifs is 1. The van der Waals surface area contributed by atoms with Crippen molar-refractivity contribution in [3.63, 3.8) is 0 Å². The molecule has 0 fully saturated rings. The quantitative estimate of drug-likeness (QED) is 0.671. The Morgan fingerprint density at radius 2 is 2.21 bits per heavy atom. The smallest absolute Gasteiger partial charge is 0.224 e. The van der Waals surface area contributed by atoms with Crippen molar-refractivity contribution in [2.45, 2.75) is 19.4 Å². The molecule has 0 aromatic heterocycles. The molecule has 1 aromatic rings. The topological polar surface area (TPSA) is 55.1 Å². The molecule has 74 valence electrons. The standard InChI is InChI=1S/C11H14N2O/c12-7-8-1-2-9-3-4-13-11(14)6-10(9)5-8/h1-2,5H,3-4,6-7,12H2,(H,13,14). The zero-order valence-electron chi connectivity index (χ0n) is 8.05. The molecule has 0 spiro atoms. The molecule has 0 saturated heterocycles. The van der Waals surface area contributed by atoms with Gasteiger partial charge in [-0.25, -0.2) is 0 Å². The van der Waals surface area contributed by atoms with E-state index >= 15 is 0 Å². The molecule has 1 aromatic carbocycles. The van der Waals surface area contributed by atoms with Crippen LogP contribution in [0, 0.1) is 0 Å². The van der Waals surface area contributed by atoms with Gasteiger partial charge in [0.05, 0.1) is 6.42 Å². The Kier molecular flexibility index (Phi) is 2.50. The van der Waals surface area contributed by atoms with Gasteiger partial charge < -0.3 is 11.1 Å². The van der Waals surface area contributed by atoms with Crippen LogP contribution in [-0.4, -0.2) is 12.5 Å². The highest BCUT2D eigenvalue weighted by molar-refractivity contribution is 5.79. The average Bonchev–Trinajstić information content (AvgIpc) is 2.37. The molecular formula is C11H14N2O. The molecule has 0 saturated carbocycles. The molecule has 3 nitrogen and oxygen atoms in total. The van der Waals surface area contributed by atoms with Gasteiger partial charge >= 0.3 is 0 Å². The maximum Gasteiger partial charge on any atom is 0.224 e. The summed E-state index contributed by atoms with van der Waals surface area (Å²) in [6.45, 7) is 1.28. The van der Waals surface area contributed by atoms with Gasteiger partial charge in [0.15, 0.2) is 0 Å². The third kappa shape index (κ3) is 1.77. The number of benzene rings is 1. The summed E-state index contributed by atoms with van der Waals surface area (Å²) in [4.78, 5) is 11.3. The van der Waals surface area contributed by atoms with Crippen molar-refractivity contribution in [3.8, 4) is 0 Å². The van der Waals surface area contributed by atoms with Crippen LogP contribution in [0.25, 0.3) is 0 Å². The van der Waals surface area contributed by atoms with Crippen molar-refractivity contribution in [1.82, 2.24) is 5.32 Å². The molecule has 1 amide bonds. The third-order valence-corrected chi connectivity index (χ3v) is 2.57. The van der Waals surface area contributed by atoms with Crippen molar-refractivity contribution in [2.75, 3.05) is 6.54 Å². The molecule has 3 N–H and O–H groups in total. The normalized spacial score (nSPS) is 15.6. The second-order valence-electron chi connectivity index (χ2n) is 3.58. The number of hydrogen-bond donors (Lipinski definition) is 2. The van der Waals surface area contributed by atoms with Gasteiger partial charge in [-0.2, -0.15) is 0 Å². The number of nitrogens with one attached hydrogen (secondary N) is 1. The van der Waals surface area contributed by atoms with Crippen LogP contribution in [-0.2, 0) is 24.2 Å². The molecule has 1 aliphatic rings. The van der Waals surface area contributed by atoms with Crippen molar-refractivity contribution in [2.24, 2.45) is 5.73 Å². The van der Waals surface area contributed by atoms with Crippen molar-refractivity contribution >= 4 is 5.91 Å². The molecule has 0 radical (unpaired) electrons. The Bertz CT molecular complexity index is 360. The fraction of sp³-hybridized carbons (Fsp3) is 0.364. The third-order valence-electron chi connectivity index (χ3n) is 2.57. The number of rotatable bonds is 1. The maximum absolute atomic E-state index is 11.3. The van der Waals surface area contributed by atoms with Gasteiger partial charge in [-0.1, -0.05) is 18.2 Å². The van der Waals surface area contributed by atoms with E-state index in [-0.39, 0.29) is 5.91 Å². The van der Waals surface area contributed by atoms with Crippen molar-refractivity contribution in [3.05, 3.63) is 34.9 Å². The largest absolute Gasteiger partial charge is 0.355 e. The van der Waals surface area contributed by atoms with E-state index in [4.69, 9.17) is 5.73 Å². The molecule has 1 heterocycles. The minimum Gasteiger partial charge on any atom is -0.355 e. The molecule has 0 aliphatic carbocycles. The lowest BCUT2D eigenvalue weighted by atomic mass is 10.00. The first kappa shape index (κ1) is 9.21. The van der Waals surface area contributed by atoms with E-state index in [1.807, 2.05) is 12.1 Å². The molecule has 0 unspecified atom stereocenters. The zero-order chi connectivity index (χ0) is 9.97. The van der Waals surface area contributed by atoms with Crippen LogP contribution in [0.4, 0.5) is 0 Å². The van der Waals surface area contributed by atoms with Crippen LogP contribution in [0.15, 0.2) is 18.2 Å². The Morgan fingerprint density at radius 1 is 1.36 bits per heavy atom. The number of amides is 1. The molecule has 1 aliphatic heterocycles. The van der Waals surface area contributed by atoms with Gasteiger partial charge in [0.2, 0.25) is 5.91 Å². The SMILES string of the molecule is NCc1ccc2c(c1)CC(=O)NCC2. The molecular weight excluding hydrogens is 176 g/mol. The summed E-state index contributed by atoms with van der Waals surface area (Å²) < 4.78 is 0. The summed E-state index contributed by atoms with van der Waals surface area (Å²) >= 11 is 0. The fourth-order valence-corrected chi connectivity index (χ4v) is 1.79. The molecule has 0 bridgehead atoms. The summed E-state index contributed by atoms with van der Waals surface area (Å²) in [6, 6.07) is 6.16. The van der Waals surface area contributed by atoms with Gasteiger partial charge in [-0.15, -0.1) is 0 Å². The minimum absolute atomic E-state index is 0.109. The van der Waals surface area contributed by atoms with Crippen LogP contribution in [0.2, 0.25) is 0 Å². The second-order valence-corrected chi connectivity index (χ2v) is 3.58. The highest BCUT2D eigenvalue weighted by Gasteiger charge is 2.12. The summed E-state index contributed by atoms with van der Waals surface area (Å²) in [7, 11) is 0. The van der Waals surface area contributed by atoms with E-state index in [0.717, 1.165) is 24.1 Å². The van der Waals surface area contributed by atoms with Crippen LogP contribution in [0.3, 0.4) is 0 Å². The molecule has 3 heteroatoms. The number of carbonyl (C=O) groups is 1. The highest BCUT2D eigenvalue weighted by Crippen LogP contribution is 2.15. The Hall–Kier alpha value is -1.35. The Labute approximate surface area is 83.3 Å². The van der Waals surface area contributed by atoms with Crippen LogP contribution in [0.5, 0.6) is 0 Å². The van der Waals surface area contributed by atoms with Gasteiger partial charge in [0, 0.05) is 13.1 Å². The van der Waals surface area contributed by atoms with E-state index < -0.39 is 0 Å². The minimum atomic E-state index is 0.109. The summed E-state index contributed by atoms with van der Waals surface area (Å²) in [6.07, 6.45) is 1.41. The average molecular weight is 190 g/mol. The summed E-state index contributed by atoms with van der Waals surface area (Å²) in [5, 5.41) is 2.86. The summed E-state index contributed by atoms with van der Waals surface area (Å²) in [5.41, 5.74) is 9.04. The summed E-state index contributed by atoms with van der Waals surface area (Å²) in [5.74, 6) is 0.109. The maximum atomic E-state index is 11.3.